The lowest BCUT2D eigenvalue weighted by atomic mass is 10.2. The largest absolute Gasteiger partial charge is 0.493 e. The predicted octanol–water partition coefficient (Wildman–Crippen LogP) is 3.03. The van der Waals surface area contributed by atoms with Gasteiger partial charge in [0.15, 0.2) is 11.5 Å². The number of rotatable bonds is 6. The van der Waals surface area contributed by atoms with E-state index < -0.39 is 0 Å². The fraction of sp³-hybridized carbons (Fsp3) is 0.222. The number of nitrogens with two attached hydrogens (primary N) is 1. The van der Waals surface area contributed by atoms with Crippen LogP contribution in [-0.4, -0.2) is 24.6 Å². The Hall–Kier alpha value is -3.02. The second-order valence-electron chi connectivity index (χ2n) is 5.03. The molecule has 1 amide bonds. The van der Waals surface area contributed by atoms with Crippen molar-refractivity contribution in [1.29, 1.82) is 0 Å². The van der Waals surface area contributed by atoms with Gasteiger partial charge in [-0.2, -0.15) is 0 Å². The normalized spacial score (nSPS) is 10.6. The van der Waals surface area contributed by atoms with Crippen molar-refractivity contribution in [2.75, 3.05) is 24.8 Å². The zero-order chi connectivity index (χ0) is 17.5. The van der Waals surface area contributed by atoms with Gasteiger partial charge in [-0.1, -0.05) is 6.07 Å². The molecule has 6 nitrogen and oxygen atoms in total. The molecule has 0 aliphatic carbocycles. The van der Waals surface area contributed by atoms with E-state index in [0.29, 0.717) is 35.3 Å². The first-order chi connectivity index (χ1) is 11.5. The molecule has 24 heavy (non-hydrogen) atoms. The summed E-state index contributed by atoms with van der Waals surface area (Å²) < 4.78 is 10.8. The molecule has 0 aliphatic rings. The summed E-state index contributed by atoms with van der Waals surface area (Å²) in [5.41, 5.74) is 7.72. The van der Waals surface area contributed by atoms with E-state index in [-0.39, 0.29) is 5.91 Å². The Kier molecular flexibility index (Phi) is 5.78. The Labute approximate surface area is 141 Å². The molecule has 126 valence electrons. The molecule has 0 spiro atoms. The van der Waals surface area contributed by atoms with E-state index in [4.69, 9.17) is 15.2 Å². The van der Waals surface area contributed by atoms with E-state index in [1.165, 1.54) is 6.08 Å². The summed E-state index contributed by atoms with van der Waals surface area (Å²) in [7, 11) is 1.58. The quantitative estimate of drug-likeness (QED) is 0.796. The van der Waals surface area contributed by atoms with Gasteiger partial charge < -0.3 is 20.5 Å². The molecular weight excluding hydrogens is 306 g/mol. The van der Waals surface area contributed by atoms with E-state index in [0.717, 1.165) is 5.56 Å². The first-order valence-corrected chi connectivity index (χ1v) is 7.56. The average Bonchev–Trinajstić information content (AvgIpc) is 2.56. The second-order valence-corrected chi connectivity index (χ2v) is 5.03. The lowest BCUT2D eigenvalue weighted by molar-refractivity contribution is -0.111. The van der Waals surface area contributed by atoms with Crippen LogP contribution in [0.2, 0.25) is 0 Å². The number of nitrogens with zero attached hydrogens (tertiary/aromatic N) is 1. The Morgan fingerprint density at radius 2 is 2.08 bits per heavy atom. The van der Waals surface area contributed by atoms with Crippen molar-refractivity contribution < 1.29 is 14.3 Å². The van der Waals surface area contributed by atoms with Crippen LogP contribution in [0.25, 0.3) is 6.08 Å². The number of nitrogen functional groups attached to an aromatic ring is 1. The number of aryl methyl sites for hydroxylation is 1. The molecule has 0 saturated carbocycles. The molecule has 2 aromatic rings. The number of carbonyl (C=O) groups is 1. The van der Waals surface area contributed by atoms with Crippen molar-refractivity contribution in [2.24, 2.45) is 0 Å². The minimum atomic E-state index is -0.252. The van der Waals surface area contributed by atoms with Crippen LogP contribution in [-0.2, 0) is 4.79 Å². The van der Waals surface area contributed by atoms with Crippen molar-refractivity contribution in [2.45, 2.75) is 13.8 Å². The van der Waals surface area contributed by atoms with Crippen molar-refractivity contribution in [3.05, 3.63) is 47.7 Å². The van der Waals surface area contributed by atoms with Crippen LogP contribution in [0, 0.1) is 6.92 Å². The van der Waals surface area contributed by atoms with Crippen LogP contribution in [0.4, 0.5) is 11.5 Å². The summed E-state index contributed by atoms with van der Waals surface area (Å²) in [6.07, 6.45) is 3.15. The van der Waals surface area contributed by atoms with Gasteiger partial charge in [-0.05, 0) is 49.8 Å². The summed E-state index contributed by atoms with van der Waals surface area (Å²) in [5.74, 6) is 1.46. The minimum absolute atomic E-state index is 0.252. The molecule has 1 aromatic heterocycles. The average molecular weight is 327 g/mol. The van der Waals surface area contributed by atoms with Crippen LogP contribution in [0.1, 0.15) is 18.2 Å². The van der Waals surface area contributed by atoms with Gasteiger partial charge in [0.2, 0.25) is 5.91 Å². The third-order valence-corrected chi connectivity index (χ3v) is 3.28. The third-order valence-electron chi connectivity index (χ3n) is 3.28. The molecule has 0 bridgehead atoms. The van der Waals surface area contributed by atoms with Crippen LogP contribution >= 0.6 is 0 Å². The van der Waals surface area contributed by atoms with E-state index >= 15 is 0 Å². The fourth-order valence-electron chi connectivity index (χ4n) is 2.12. The second kappa shape index (κ2) is 8.01. The molecular formula is C18H21N3O3. The van der Waals surface area contributed by atoms with Crippen molar-refractivity contribution in [3.63, 3.8) is 0 Å². The summed E-state index contributed by atoms with van der Waals surface area (Å²) >= 11 is 0. The monoisotopic (exact) mass is 327 g/mol. The highest BCUT2D eigenvalue weighted by atomic mass is 16.5. The zero-order valence-electron chi connectivity index (χ0n) is 14.0. The van der Waals surface area contributed by atoms with E-state index in [2.05, 4.69) is 10.3 Å². The number of aromatic nitrogens is 1. The maximum atomic E-state index is 12.0. The molecule has 0 aliphatic heterocycles. The number of hydrogen-bond donors (Lipinski definition) is 2. The Morgan fingerprint density at radius 3 is 2.75 bits per heavy atom. The van der Waals surface area contributed by atoms with Gasteiger partial charge >= 0.3 is 0 Å². The minimum Gasteiger partial charge on any atom is -0.493 e. The summed E-state index contributed by atoms with van der Waals surface area (Å²) in [6, 6.07) is 8.85. The maximum Gasteiger partial charge on any atom is 0.248 e. The number of benzene rings is 1. The van der Waals surface area contributed by atoms with Crippen LogP contribution in [0.5, 0.6) is 11.5 Å². The third kappa shape index (κ3) is 4.49. The Bertz CT molecular complexity index is 757. The van der Waals surface area contributed by atoms with Crippen molar-refractivity contribution in [3.8, 4) is 11.5 Å². The predicted molar refractivity (Wildman–Crippen MR) is 95.2 cm³/mol. The topological polar surface area (TPSA) is 86.5 Å². The Morgan fingerprint density at radius 1 is 1.29 bits per heavy atom. The number of anilines is 2. The molecule has 6 heteroatoms. The standard InChI is InChI=1S/C18H21N3O3/c1-4-24-15-8-5-13(11-16(15)23-3)6-10-18(22)21-14-7-9-17(19)20-12(14)2/h5-11H,4H2,1-3H3,(H2,19,20)(H,21,22)/b10-6+. The summed E-state index contributed by atoms with van der Waals surface area (Å²) in [5, 5.41) is 2.77. The van der Waals surface area contributed by atoms with Gasteiger partial charge in [-0.15, -0.1) is 0 Å². The molecule has 1 aromatic carbocycles. The number of hydrogen-bond acceptors (Lipinski definition) is 5. The lowest BCUT2D eigenvalue weighted by Gasteiger charge is -2.09. The van der Waals surface area contributed by atoms with E-state index in [1.54, 1.807) is 32.2 Å². The van der Waals surface area contributed by atoms with Gasteiger partial charge in [0.25, 0.3) is 0 Å². The number of carbonyl (C=O) groups excluding carboxylic acids is 1. The smallest absolute Gasteiger partial charge is 0.248 e. The van der Waals surface area contributed by atoms with Gasteiger partial charge in [-0.3, -0.25) is 4.79 Å². The number of nitrogens with one attached hydrogen (secondary N) is 1. The number of pyridine rings is 1. The molecule has 0 fully saturated rings. The van der Waals surface area contributed by atoms with Crippen LogP contribution in [0.3, 0.4) is 0 Å². The molecule has 0 unspecified atom stereocenters. The van der Waals surface area contributed by atoms with Gasteiger partial charge in [0.05, 0.1) is 25.1 Å². The van der Waals surface area contributed by atoms with E-state index in [9.17, 15) is 4.79 Å². The van der Waals surface area contributed by atoms with Crippen LogP contribution < -0.4 is 20.5 Å². The summed E-state index contributed by atoms with van der Waals surface area (Å²) in [4.78, 5) is 16.1. The molecule has 0 radical (unpaired) electrons. The first-order valence-electron chi connectivity index (χ1n) is 7.56. The highest BCUT2D eigenvalue weighted by Gasteiger charge is 2.05. The van der Waals surface area contributed by atoms with Crippen LogP contribution in [0.15, 0.2) is 36.4 Å². The van der Waals surface area contributed by atoms with Gasteiger partial charge in [0, 0.05) is 6.08 Å². The SMILES string of the molecule is CCOc1ccc(/C=C/C(=O)Nc2ccc(N)nc2C)cc1OC. The molecule has 0 saturated heterocycles. The number of amides is 1. The first kappa shape index (κ1) is 17.3. The van der Waals surface area contributed by atoms with Crippen molar-refractivity contribution >= 4 is 23.5 Å². The molecule has 2 rings (SSSR count). The molecule has 3 N–H and O–H groups in total. The Balaban J connectivity index is 2.08. The highest BCUT2D eigenvalue weighted by Crippen LogP contribution is 2.28. The summed E-state index contributed by atoms with van der Waals surface area (Å²) in [6.45, 7) is 4.25. The number of ether oxygens (including phenoxy) is 2. The van der Waals surface area contributed by atoms with Crippen molar-refractivity contribution in [1.82, 2.24) is 4.98 Å². The van der Waals surface area contributed by atoms with Gasteiger partial charge in [0.1, 0.15) is 5.82 Å². The molecule has 0 atom stereocenters. The highest BCUT2D eigenvalue weighted by molar-refractivity contribution is 6.02. The lowest BCUT2D eigenvalue weighted by Crippen LogP contribution is -2.10. The van der Waals surface area contributed by atoms with Gasteiger partial charge in [-0.25, -0.2) is 4.98 Å². The zero-order valence-corrected chi connectivity index (χ0v) is 14.0. The molecule has 1 heterocycles. The van der Waals surface area contributed by atoms with E-state index in [1.807, 2.05) is 25.1 Å². The maximum absolute atomic E-state index is 12.0. The number of methoxy groups -OCH3 is 1. The fourth-order valence-corrected chi connectivity index (χ4v) is 2.12.